The number of ether oxygens (including phenoxy) is 1. The first-order chi connectivity index (χ1) is 13.0. The molecule has 0 bridgehead atoms. The van der Waals surface area contributed by atoms with Gasteiger partial charge in [-0.1, -0.05) is 36.4 Å². The van der Waals surface area contributed by atoms with Gasteiger partial charge in [-0.3, -0.25) is 4.90 Å². The molecule has 0 amide bonds. The first-order valence-electron chi connectivity index (χ1n) is 9.25. The molecule has 0 saturated carbocycles. The minimum absolute atomic E-state index is 0.0702. The van der Waals surface area contributed by atoms with Crippen molar-refractivity contribution < 1.29 is 9.13 Å². The second-order valence-electron chi connectivity index (χ2n) is 6.85. The molecule has 0 unspecified atom stereocenters. The molecule has 4 nitrogen and oxygen atoms in total. The Hall–Kier alpha value is -2.02. The fraction of sp³-hybridized carbons (Fsp3) is 0.381. The van der Waals surface area contributed by atoms with Gasteiger partial charge in [-0.2, -0.15) is 0 Å². The van der Waals surface area contributed by atoms with Crippen LogP contribution in [0.15, 0.2) is 48.5 Å². The number of nitrogens with zero attached hydrogens (tertiary/aromatic N) is 1. The van der Waals surface area contributed by atoms with Crippen molar-refractivity contribution in [1.29, 1.82) is 0 Å². The van der Waals surface area contributed by atoms with Crippen molar-refractivity contribution in [3.05, 3.63) is 65.5 Å². The summed E-state index contributed by atoms with van der Waals surface area (Å²) in [6.07, 6.45) is 0. The van der Waals surface area contributed by atoms with Gasteiger partial charge >= 0.3 is 0 Å². The highest BCUT2D eigenvalue weighted by atomic mass is 32.1. The Morgan fingerprint density at radius 1 is 1.15 bits per heavy atom. The Morgan fingerprint density at radius 2 is 1.85 bits per heavy atom. The molecule has 0 spiro atoms. The number of rotatable bonds is 5. The van der Waals surface area contributed by atoms with Crippen LogP contribution in [0, 0.1) is 12.7 Å². The summed E-state index contributed by atoms with van der Waals surface area (Å²) in [4.78, 5) is 2.42. The van der Waals surface area contributed by atoms with Crippen LogP contribution in [0.5, 0.6) is 0 Å². The summed E-state index contributed by atoms with van der Waals surface area (Å²) in [7, 11) is 0. The monoisotopic (exact) mass is 387 g/mol. The lowest BCUT2D eigenvalue weighted by atomic mass is 9.98. The smallest absolute Gasteiger partial charge is 0.171 e. The molecule has 1 fully saturated rings. The number of nitrogens with one attached hydrogen (secondary N) is 2. The lowest BCUT2D eigenvalue weighted by Crippen LogP contribution is -2.49. The van der Waals surface area contributed by atoms with Crippen LogP contribution in [0.3, 0.4) is 0 Å². The van der Waals surface area contributed by atoms with E-state index in [1.807, 2.05) is 12.1 Å². The zero-order valence-electron chi connectivity index (χ0n) is 15.7. The van der Waals surface area contributed by atoms with Crippen LogP contribution in [0.25, 0.3) is 0 Å². The van der Waals surface area contributed by atoms with E-state index in [1.54, 1.807) is 13.0 Å². The van der Waals surface area contributed by atoms with Crippen molar-refractivity contribution in [2.24, 2.45) is 0 Å². The van der Waals surface area contributed by atoms with Crippen LogP contribution >= 0.6 is 12.2 Å². The largest absolute Gasteiger partial charge is 0.379 e. The fourth-order valence-corrected chi connectivity index (χ4v) is 3.75. The van der Waals surface area contributed by atoms with Gasteiger partial charge in [0, 0.05) is 24.8 Å². The molecule has 0 aromatic heterocycles. The molecule has 1 heterocycles. The van der Waals surface area contributed by atoms with Crippen molar-refractivity contribution in [2.75, 3.05) is 31.6 Å². The van der Waals surface area contributed by atoms with Gasteiger partial charge in [0.2, 0.25) is 0 Å². The van der Waals surface area contributed by atoms with Gasteiger partial charge in [0.15, 0.2) is 5.11 Å². The maximum atomic E-state index is 13.8. The Morgan fingerprint density at radius 3 is 2.52 bits per heavy atom. The third-order valence-electron chi connectivity index (χ3n) is 4.84. The van der Waals surface area contributed by atoms with Gasteiger partial charge in [-0.25, -0.2) is 4.39 Å². The minimum Gasteiger partial charge on any atom is -0.379 e. The van der Waals surface area contributed by atoms with Gasteiger partial charge in [0.1, 0.15) is 5.82 Å². The second kappa shape index (κ2) is 9.26. The highest BCUT2D eigenvalue weighted by molar-refractivity contribution is 7.80. The molecule has 1 aliphatic heterocycles. The molecule has 2 aromatic rings. The van der Waals surface area contributed by atoms with E-state index in [9.17, 15) is 4.39 Å². The molecule has 2 atom stereocenters. The third-order valence-corrected chi connectivity index (χ3v) is 5.06. The van der Waals surface area contributed by atoms with Gasteiger partial charge in [-0.15, -0.1) is 0 Å². The molecule has 0 radical (unpaired) electrons. The van der Waals surface area contributed by atoms with Crippen molar-refractivity contribution in [3.63, 3.8) is 0 Å². The molecule has 1 saturated heterocycles. The van der Waals surface area contributed by atoms with Crippen LogP contribution in [-0.4, -0.2) is 42.4 Å². The van der Waals surface area contributed by atoms with Crippen molar-refractivity contribution in [1.82, 2.24) is 10.2 Å². The van der Waals surface area contributed by atoms with Gasteiger partial charge < -0.3 is 15.4 Å². The SMILES string of the molecule is Cc1ccc(NC(=S)N[C@H](C)[C@@H](c2ccccc2)N2CCOCC2)cc1F. The van der Waals surface area contributed by atoms with Crippen molar-refractivity contribution in [2.45, 2.75) is 25.9 Å². The Balaban J connectivity index is 1.70. The number of thiocarbonyl (C=S) groups is 1. The zero-order valence-corrected chi connectivity index (χ0v) is 16.6. The van der Waals surface area contributed by atoms with E-state index in [0.717, 1.165) is 26.3 Å². The maximum Gasteiger partial charge on any atom is 0.171 e. The lowest BCUT2D eigenvalue weighted by Gasteiger charge is -2.38. The quantitative estimate of drug-likeness (QED) is 0.762. The van der Waals surface area contributed by atoms with E-state index in [2.05, 4.69) is 46.7 Å². The summed E-state index contributed by atoms with van der Waals surface area (Å²) >= 11 is 5.47. The normalized spacial score (nSPS) is 17.1. The zero-order chi connectivity index (χ0) is 19.2. The van der Waals surface area contributed by atoms with Gasteiger partial charge in [0.05, 0.1) is 19.3 Å². The van der Waals surface area contributed by atoms with Crippen LogP contribution in [0.4, 0.5) is 10.1 Å². The molecule has 144 valence electrons. The summed E-state index contributed by atoms with van der Waals surface area (Å²) < 4.78 is 19.3. The van der Waals surface area contributed by atoms with Crippen molar-refractivity contribution >= 4 is 23.0 Å². The summed E-state index contributed by atoms with van der Waals surface area (Å²) in [5.41, 5.74) is 2.50. The average Bonchev–Trinajstić information content (AvgIpc) is 2.66. The number of aryl methyl sites for hydroxylation is 1. The summed E-state index contributed by atoms with van der Waals surface area (Å²) in [5, 5.41) is 6.95. The summed E-state index contributed by atoms with van der Waals surface area (Å²) in [5.74, 6) is -0.244. The average molecular weight is 388 g/mol. The number of hydrogen-bond acceptors (Lipinski definition) is 3. The maximum absolute atomic E-state index is 13.8. The summed E-state index contributed by atoms with van der Waals surface area (Å²) in [6, 6.07) is 15.7. The van der Waals surface area contributed by atoms with E-state index < -0.39 is 0 Å². The van der Waals surface area contributed by atoms with E-state index in [-0.39, 0.29) is 17.9 Å². The number of anilines is 1. The van der Waals surface area contributed by atoms with E-state index >= 15 is 0 Å². The molecule has 1 aliphatic rings. The van der Waals surface area contributed by atoms with Gasteiger partial charge in [0.25, 0.3) is 0 Å². The molecule has 0 aliphatic carbocycles. The number of morpholine rings is 1. The highest BCUT2D eigenvalue weighted by Gasteiger charge is 2.28. The number of hydrogen-bond donors (Lipinski definition) is 2. The van der Waals surface area contributed by atoms with Crippen LogP contribution in [0.1, 0.15) is 24.1 Å². The standard InChI is InChI=1S/C21H26FN3OS/c1-15-8-9-18(14-19(15)22)24-21(27)23-16(2)20(17-6-4-3-5-7-17)25-10-12-26-13-11-25/h3-9,14,16,20H,10-13H2,1-2H3,(H2,23,24,27)/t16-,20+/m1/s1. The number of halogens is 1. The van der Waals surface area contributed by atoms with Crippen LogP contribution in [-0.2, 0) is 4.74 Å². The summed E-state index contributed by atoms with van der Waals surface area (Å²) in [6.45, 7) is 7.11. The molecule has 3 rings (SSSR count). The first-order valence-corrected chi connectivity index (χ1v) is 9.66. The number of benzene rings is 2. The van der Waals surface area contributed by atoms with E-state index in [1.165, 1.54) is 11.6 Å². The highest BCUT2D eigenvalue weighted by Crippen LogP contribution is 2.25. The minimum atomic E-state index is -0.244. The van der Waals surface area contributed by atoms with E-state index in [0.29, 0.717) is 16.4 Å². The molecule has 6 heteroatoms. The first kappa shape index (κ1) is 19.7. The lowest BCUT2D eigenvalue weighted by molar-refractivity contribution is 0.0102. The predicted molar refractivity (Wildman–Crippen MR) is 112 cm³/mol. The molecule has 27 heavy (non-hydrogen) atoms. The fourth-order valence-electron chi connectivity index (χ4n) is 3.45. The molecule has 2 N–H and O–H groups in total. The molecule has 2 aromatic carbocycles. The van der Waals surface area contributed by atoms with E-state index in [4.69, 9.17) is 17.0 Å². The third kappa shape index (κ3) is 5.25. The Labute approximate surface area is 165 Å². The topological polar surface area (TPSA) is 36.5 Å². The predicted octanol–water partition coefficient (Wildman–Crippen LogP) is 3.88. The Kier molecular flexibility index (Phi) is 6.77. The Bertz CT molecular complexity index is 765. The van der Waals surface area contributed by atoms with Crippen LogP contribution in [0.2, 0.25) is 0 Å². The molecular formula is C21H26FN3OS. The van der Waals surface area contributed by atoms with Gasteiger partial charge in [-0.05, 0) is 49.3 Å². The molecular weight excluding hydrogens is 361 g/mol. The van der Waals surface area contributed by atoms with Crippen LogP contribution < -0.4 is 10.6 Å². The second-order valence-corrected chi connectivity index (χ2v) is 7.26. The van der Waals surface area contributed by atoms with Crippen molar-refractivity contribution in [3.8, 4) is 0 Å².